The first-order valence-corrected chi connectivity index (χ1v) is 9.30. The number of likely N-dealkylation sites (tertiary alicyclic amines) is 1. The van der Waals surface area contributed by atoms with Gasteiger partial charge in [-0.25, -0.2) is 4.68 Å². The van der Waals surface area contributed by atoms with E-state index in [9.17, 15) is 9.59 Å². The van der Waals surface area contributed by atoms with Crippen molar-refractivity contribution in [2.75, 3.05) is 33.8 Å². The number of hydrogen-bond donors (Lipinski definition) is 0. The summed E-state index contributed by atoms with van der Waals surface area (Å²) in [6.07, 6.45) is 6.05. The fraction of sp³-hybridized carbons (Fsp3) is 0.824. The summed E-state index contributed by atoms with van der Waals surface area (Å²) in [6, 6.07) is 0. The number of carbonyl (C=O) groups excluding carboxylic acids is 2. The van der Waals surface area contributed by atoms with Gasteiger partial charge in [-0.2, -0.15) is 0 Å². The minimum atomic E-state index is -0.165. The first-order chi connectivity index (χ1) is 12.5. The van der Waals surface area contributed by atoms with Crippen molar-refractivity contribution in [1.29, 1.82) is 0 Å². The quantitative estimate of drug-likeness (QED) is 0.747. The smallest absolute Gasteiger partial charge is 0.224 e. The predicted molar refractivity (Wildman–Crippen MR) is 93.0 cm³/mol. The second kappa shape index (κ2) is 8.11. The molecule has 2 amide bonds. The van der Waals surface area contributed by atoms with Gasteiger partial charge in [0.25, 0.3) is 0 Å². The molecule has 3 rings (SSSR count). The average molecular weight is 364 g/mol. The van der Waals surface area contributed by atoms with Crippen LogP contribution in [0.2, 0.25) is 0 Å². The molecule has 1 aromatic rings. The number of tetrazole rings is 1. The highest BCUT2D eigenvalue weighted by atomic mass is 16.5. The highest BCUT2D eigenvalue weighted by molar-refractivity contribution is 5.76. The van der Waals surface area contributed by atoms with Crippen LogP contribution in [0.15, 0.2) is 6.33 Å². The first-order valence-electron chi connectivity index (χ1n) is 9.30. The lowest BCUT2D eigenvalue weighted by Gasteiger charge is -2.46. The van der Waals surface area contributed by atoms with E-state index in [1.54, 1.807) is 23.7 Å². The molecule has 9 heteroatoms. The van der Waals surface area contributed by atoms with Crippen molar-refractivity contribution in [3.8, 4) is 0 Å². The van der Waals surface area contributed by atoms with Crippen LogP contribution in [0.25, 0.3) is 0 Å². The number of aromatic nitrogens is 4. The Morgan fingerprint density at radius 2 is 2.08 bits per heavy atom. The van der Waals surface area contributed by atoms with E-state index >= 15 is 0 Å². The third-order valence-electron chi connectivity index (χ3n) is 5.53. The zero-order valence-corrected chi connectivity index (χ0v) is 15.6. The summed E-state index contributed by atoms with van der Waals surface area (Å²) in [7, 11) is 3.60. The van der Waals surface area contributed by atoms with Crippen LogP contribution < -0.4 is 0 Å². The molecule has 1 spiro atoms. The molecule has 2 saturated heterocycles. The Morgan fingerprint density at radius 1 is 1.31 bits per heavy atom. The molecular formula is C17H28N6O3. The standard InChI is InChI=1S/C17H28N6O3/c1-21(2)16(25)11-14-4-10-26-17(12-14)5-8-22(9-6-17)15(24)3-7-23-13-18-19-20-23/h13-14H,3-12H2,1-2H3. The number of nitrogens with zero attached hydrogens (tertiary/aromatic N) is 6. The second-order valence-corrected chi connectivity index (χ2v) is 7.59. The third kappa shape index (κ3) is 4.57. The summed E-state index contributed by atoms with van der Waals surface area (Å²) in [5.74, 6) is 0.688. The maximum Gasteiger partial charge on any atom is 0.224 e. The molecule has 1 aromatic heterocycles. The fourth-order valence-corrected chi connectivity index (χ4v) is 3.90. The maximum absolute atomic E-state index is 12.4. The van der Waals surface area contributed by atoms with Gasteiger partial charge in [-0.15, -0.1) is 5.10 Å². The SMILES string of the molecule is CN(C)C(=O)CC1CCOC2(CCN(C(=O)CCn3cnnn3)CC2)C1. The largest absolute Gasteiger partial charge is 0.375 e. The Morgan fingerprint density at radius 3 is 2.73 bits per heavy atom. The van der Waals surface area contributed by atoms with Crippen molar-refractivity contribution in [1.82, 2.24) is 30.0 Å². The lowest BCUT2D eigenvalue weighted by molar-refractivity contribution is -0.149. The summed E-state index contributed by atoms with van der Waals surface area (Å²) in [6.45, 7) is 2.63. The molecule has 9 nitrogen and oxygen atoms in total. The van der Waals surface area contributed by atoms with Crippen molar-refractivity contribution >= 4 is 11.8 Å². The molecular weight excluding hydrogens is 336 g/mol. The molecule has 1 atom stereocenters. The summed E-state index contributed by atoms with van der Waals surface area (Å²) >= 11 is 0. The molecule has 3 heterocycles. The average Bonchev–Trinajstić information content (AvgIpc) is 3.14. The van der Waals surface area contributed by atoms with Gasteiger partial charge in [0.15, 0.2) is 0 Å². The van der Waals surface area contributed by atoms with Gasteiger partial charge >= 0.3 is 0 Å². The molecule has 2 aliphatic heterocycles. The Hall–Kier alpha value is -2.03. The van der Waals surface area contributed by atoms with Gasteiger partial charge in [-0.1, -0.05) is 0 Å². The lowest BCUT2D eigenvalue weighted by atomic mass is 9.78. The van der Waals surface area contributed by atoms with E-state index in [0.29, 0.717) is 45.0 Å². The number of piperidine rings is 1. The zero-order chi connectivity index (χ0) is 18.6. The van der Waals surface area contributed by atoms with E-state index in [1.165, 1.54) is 6.33 Å². The van der Waals surface area contributed by atoms with Crippen LogP contribution in [0.4, 0.5) is 0 Å². The van der Waals surface area contributed by atoms with Crippen molar-refractivity contribution in [2.24, 2.45) is 5.92 Å². The van der Waals surface area contributed by atoms with Crippen molar-refractivity contribution in [3.63, 3.8) is 0 Å². The number of hydrogen-bond acceptors (Lipinski definition) is 6. The molecule has 0 aliphatic carbocycles. The van der Waals surface area contributed by atoms with Crippen molar-refractivity contribution in [3.05, 3.63) is 6.33 Å². The number of carbonyl (C=O) groups is 2. The topological polar surface area (TPSA) is 93.5 Å². The molecule has 0 saturated carbocycles. The Kier molecular flexibility index (Phi) is 5.85. The summed E-state index contributed by atoms with van der Waals surface area (Å²) in [5, 5.41) is 10.9. The number of aryl methyl sites for hydroxylation is 1. The fourth-order valence-electron chi connectivity index (χ4n) is 3.90. The maximum atomic E-state index is 12.4. The van der Waals surface area contributed by atoms with Gasteiger partial charge in [-0.3, -0.25) is 9.59 Å². The second-order valence-electron chi connectivity index (χ2n) is 7.59. The van der Waals surface area contributed by atoms with E-state index in [0.717, 1.165) is 25.7 Å². The molecule has 0 aromatic carbocycles. The van der Waals surface area contributed by atoms with Crippen LogP contribution in [0.5, 0.6) is 0 Å². The molecule has 144 valence electrons. The van der Waals surface area contributed by atoms with E-state index in [4.69, 9.17) is 4.74 Å². The van der Waals surface area contributed by atoms with E-state index in [-0.39, 0.29) is 17.4 Å². The van der Waals surface area contributed by atoms with Crippen LogP contribution in [0, 0.1) is 5.92 Å². The van der Waals surface area contributed by atoms with E-state index in [2.05, 4.69) is 15.5 Å². The Bertz CT molecular complexity index is 610. The predicted octanol–water partition coefficient (Wildman–Crippen LogP) is 0.329. The Labute approximate surface area is 153 Å². The summed E-state index contributed by atoms with van der Waals surface area (Å²) in [4.78, 5) is 28.0. The normalized spacial score (nSPS) is 22.4. The Balaban J connectivity index is 1.47. The monoisotopic (exact) mass is 364 g/mol. The van der Waals surface area contributed by atoms with Gasteiger partial charge in [0.1, 0.15) is 6.33 Å². The van der Waals surface area contributed by atoms with Crippen LogP contribution in [0.3, 0.4) is 0 Å². The molecule has 26 heavy (non-hydrogen) atoms. The molecule has 0 bridgehead atoms. The van der Waals surface area contributed by atoms with Gasteiger partial charge in [0.2, 0.25) is 11.8 Å². The van der Waals surface area contributed by atoms with Crippen LogP contribution >= 0.6 is 0 Å². The number of amides is 2. The number of ether oxygens (including phenoxy) is 1. The summed E-state index contributed by atoms with van der Waals surface area (Å²) < 4.78 is 7.70. The third-order valence-corrected chi connectivity index (χ3v) is 5.53. The van der Waals surface area contributed by atoms with Gasteiger partial charge < -0.3 is 14.5 Å². The lowest BCUT2D eigenvalue weighted by Crippen LogP contribution is -2.51. The molecule has 1 unspecified atom stereocenters. The highest BCUT2D eigenvalue weighted by Gasteiger charge is 2.41. The van der Waals surface area contributed by atoms with E-state index in [1.807, 2.05) is 4.90 Å². The molecule has 2 aliphatic rings. The number of rotatable bonds is 5. The summed E-state index contributed by atoms with van der Waals surface area (Å²) in [5.41, 5.74) is -0.165. The highest BCUT2D eigenvalue weighted by Crippen LogP contribution is 2.39. The van der Waals surface area contributed by atoms with Crippen LogP contribution in [-0.4, -0.2) is 81.2 Å². The first kappa shape index (κ1) is 18.8. The molecule has 0 radical (unpaired) electrons. The van der Waals surface area contributed by atoms with Crippen molar-refractivity contribution in [2.45, 2.75) is 50.7 Å². The van der Waals surface area contributed by atoms with E-state index < -0.39 is 0 Å². The minimum Gasteiger partial charge on any atom is -0.375 e. The molecule has 2 fully saturated rings. The van der Waals surface area contributed by atoms with Crippen LogP contribution in [-0.2, 0) is 20.9 Å². The van der Waals surface area contributed by atoms with Crippen LogP contribution in [0.1, 0.15) is 38.5 Å². The van der Waals surface area contributed by atoms with Crippen molar-refractivity contribution < 1.29 is 14.3 Å². The molecule has 0 N–H and O–H groups in total. The van der Waals surface area contributed by atoms with Gasteiger partial charge in [0, 0.05) is 46.6 Å². The van der Waals surface area contributed by atoms with Gasteiger partial charge in [-0.05, 0) is 42.0 Å². The zero-order valence-electron chi connectivity index (χ0n) is 15.6. The minimum absolute atomic E-state index is 0.130. The van der Waals surface area contributed by atoms with Gasteiger partial charge in [0.05, 0.1) is 12.1 Å².